The van der Waals surface area contributed by atoms with Crippen molar-refractivity contribution in [2.45, 2.75) is 23.8 Å². The number of carbonyl (C=O) groups excluding carboxylic acids is 1. The van der Waals surface area contributed by atoms with Crippen molar-refractivity contribution in [3.8, 4) is 0 Å². The number of nitrogens with one attached hydrogen (secondary N) is 2. The van der Waals surface area contributed by atoms with Crippen LogP contribution in [0.2, 0.25) is 0 Å². The Hall–Kier alpha value is -0.930. The molecule has 0 spiro atoms. The third-order valence-electron chi connectivity index (χ3n) is 3.69. The van der Waals surface area contributed by atoms with Gasteiger partial charge >= 0.3 is 0 Å². The monoisotopic (exact) mass is 348 g/mol. The number of fused-ring (bicyclic) bond motifs is 1. The van der Waals surface area contributed by atoms with E-state index in [4.69, 9.17) is 0 Å². The molecule has 7 nitrogen and oxygen atoms in total. The zero-order chi connectivity index (χ0) is 13.6. The third kappa shape index (κ3) is 2.19. The van der Waals surface area contributed by atoms with Crippen molar-refractivity contribution < 1.29 is 13.2 Å². The van der Waals surface area contributed by atoms with Crippen LogP contribution in [-0.2, 0) is 14.8 Å². The number of sulfonamides is 1. The van der Waals surface area contributed by atoms with Gasteiger partial charge in [0.25, 0.3) is 0 Å². The van der Waals surface area contributed by atoms with Crippen molar-refractivity contribution >= 4 is 31.9 Å². The van der Waals surface area contributed by atoms with Gasteiger partial charge in [-0.15, -0.1) is 0 Å². The first kappa shape index (κ1) is 13.1. The molecule has 3 rings (SSSR count). The highest BCUT2D eigenvalue weighted by Crippen LogP contribution is 2.30. The van der Waals surface area contributed by atoms with Gasteiger partial charge in [0.15, 0.2) is 0 Å². The number of carbonyl (C=O) groups is 1. The lowest BCUT2D eigenvalue weighted by Crippen LogP contribution is -2.48. The van der Waals surface area contributed by atoms with Crippen LogP contribution in [0.4, 0.5) is 0 Å². The highest BCUT2D eigenvalue weighted by molar-refractivity contribution is 9.10. The van der Waals surface area contributed by atoms with Crippen LogP contribution in [0.5, 0.6) is 0 Å². The normalized spacial score (nSPS) is 28.2. The van der Waals surface area contributed by atoms with Crippen molar-refractivity contribution in [1.29, 1.82) is 0 Å². The highest BCUT2D eigenvalue weighted by Gasteiger charge is 2.41. The maximum absolute atomic E-state index is 12.5. The largest absolute Gasteiger partial charge is 0.352 e. The minimum absolute atomic E-state index is 0.0127. The molecule has 1 aromatic rings. The van der Waals surface area contributed by atoms with Gasteiger partial charge in [0, 0.05) is 25.6 Å². The topological polar surface area (TPSA) is 95.2 Å². The van der Waals surface area contributed by atoms with Crippen molar-refractivity contribution in [2.24, 2.45) is 5.92 Å². The van der Waals surface area contributed by atoms with Crippen LogP contribution >= 0.6 is 15.9 Å². The highest BCUT2D eigenvalue weighted by atomic mass is 79.9. The van der Waals surface area contributed by atoms with E-state index in [2.05, 4.69) is 31.4 Å². The van der Waals surface area contributed by atoms with Gasteiger partial charge in [0.1, 0.15) is 9.50 Å². The molecule has 0 unspecified atom stereocenters. The Bertz CT molecular complexity index is 614. The van der Waals surface area contributed by atoms with E-state index in [1.165, 1.54) is 10.5 Å². The van der Waals surface area contributed by atoms with Gasteiger partial charge in [-0.2, -0.15) is 9.40 Å². The average Bonchev–Trinajstić information content (AvgIpc) is 2.92. The Morgan fingerprint density at radius 3 is 2.95 bits per heavy atom. The van der Waals surface area contributed by atoms with E-state index >= 15 is 0 Å². The van der Waals surface area contributed by atoms with Crippen molar-refractivity contribution in [3.63, 3.8) is 0 Å². The van der Waals surface area contributed by atoms with Gasteiger partial charge in [-0.25, -0.2) is 8.42 Å². The Labute approximate surface area is 118 Å². The molecule has 1 aromatic heterocycles. The fourth-order valence-corrected chi connectivity index (χ4v) is 4.94. The van der Waals surface area contributed by atoms with E-state index in [0.29, 0.717) is 30.5 Å². The summed E-state index contributed by atoms with van der Waals surface area (Å²) in [7, 11) is -3.56. The lowest BCUT2D eigenvalue weighted by atomic mass is 9.94. The quantitative estimate of drug-likeness (QED) is 0.790. The Morgan fingerprint density at radius 2 is 2.26 bits per heavy atom. The first-order valence-corrected chi connectivity index (χ1v) is 8.20. The van der Waals surface area contributed by atoms with Crippen molar-refractivity contribution in [3.05, 3.63) is 10.8 Å². The summed E-state index contributed by atoms with van der Waals surface area (Å²) in [5.41, 5.74) is 0. The van der Waals surface area contributed by atoms with Crippen molar-refractivity contribution in [2.75, 3.05) is 13.1 Å². The number of hydrogen-bond acceptors (Lipinski definition) is 4. The molecule has 19 heavy (non-hydrogen) atoms. The molecule has 0 radical (unpaired) electrons. The molecule has 0 aromatic carbocycles. The number of aromatic nitrogens is 2. The van der Waals surface area contributed by atoms with E-state index in [0.717, 1.165) is 0 Å². The SMILES string of the molecule is O=C1C[C@H]2CCN(S(=O)(=O)c3cn[nH]c3Br)C[C@H]2N1. The predicted molar refractivity (Wildman–Crippen MR) is 69.7 cm³/mol. The van der Waals surface area contributed by atoms with Crippen LogP contribution in [0.15, 0.2) is 15.7 Å². The predicted octanol–water partition coefficient (Wildman–Crippen LogP) is 0.0713. The molecule has 2 fully saturated rings. The molecular formula is C10H13BrN4O3S. The second-order valence-corrected chi connectivity index (χ2v) is 7.54. The molecule has 2 saturated heterocycles. The van der Waals surface area contributed by atoms with Crippen LogP contribution in [0.3, 0.4) is 0 Å². The summed E-state index contributed by atoms with van der Waals surface area (Å²) in [4.78, 5) is 11.5. The molecule has 9 heteroatoms. The summed E-state index contributed by atoms with van der Waals surface area (Å²) in [5.74, 6) is 0.269. The van der Waals surface area contributed by atoms with Gasteiger partial charge in [0.05, 0.1) is 6.20 Å². The third-order valence-corrected chi connectivity index (χ3v) is 6.44. The smallest absolute Gasteiger partial charge is 0.247 e. The standard InChI is InChI=1S/C10H13BrN4O3S/c11-10-8(4-12-14-10)19(17,18)15-2-1-6-3-9(16)13-7(6)5-15/h4,6-7H,1-3,5H2,(H,12,14)(H,13,16)/t6-,7-/m1/s1. The van der Waals surface area contributed by atoms with Crippen molar-refractivity contribution in [1.82, 2.24) is 19.8 Å². The maximum Gasteiger partial charge on any atom is 0.247 e. The first-order valence-electron chi connectivity index (χ1n) is 5.97. The Morgan fingerprint density at radius 1 is 1.47 bits per heavy atom. The number of halogens is 1. The molecule has 0 saturated carbocycles. The zero-order valence-electron chi connectivity index (χ0n) is 9.97. The molecular weight excluding hydrogens is 336 g/mol. The minimum atomic E-state index is -3.56. The van der Waals surface area contributed by atoms with Gasteiger partial charge in [-0.3, -0.25) is 9.89 Å². The van der Waals surface area contributed by atoms with Gasteiger partial charge < -0.3 is 5.32 Å². The first-order chi connectivity index (χ1) is 8.98. The van der Waals surface area contributed by atoms with Gasteiger partial charge in [0.2, 0.25) is 15.9 Å². The lowest BCUT2D eigenvalue weighted by molar-refractivity contribution is -0.119. The summed E-state index contributed by atoms with van der Waals surface area (Å²) in [6.07, 6.45) is 2.50. The average molecular weight is 349 g/mol. The molecule has 104 valence electrons. The van der Waals surface area contributed by atoms with E-state index in [1.807, 2.05) is 0 Å². The second kappa shape index (κ2) is 4.57. The maximum atomic E-state index is 12.5. The molecule has 2 atom stereocenters. The van der Waals surface area contributed by atoms with E-state index in [9.17, 15) is 13.2 Å². The number of aromatic amines is 1. The molecule has 0 bridgehead atoms. The Kier molecular flexibility index (Phi) is 3.14. The van der Waals surface area contributed by atoms with E-state index < -0.39 is 10.0 Å². The summed E-state index contributed by atoms with van der Waals surface area (Å²) in [6.45, 7) is 0.770. The molecule has 2 aliphatic heterocycles. The van der Waals surface area contributed by atoms with Crippen LogP contribution in [0.25, 0.3) is 0 Å². The second-order valence-electron chi connectivity index (χ2n) is 4.84. The fourth-order valence-electron chi connectivity index (χ4n) is 2.68. The summed E-state index contributed by atoms with van der Waals surface area (Å²) in [5, 5.41) is 9.11. The number of rotatable bonds is 2. The van der Waals surface area contributed by atoms with Gasteiger partial charge in [-0.05, 0) is 28.3 Å². The molecule has 0 aliphatic carbocycles. The minimum Gasteiger partial charge on any atom is -0.352 e. The van der Waals surface area contributed by atoms with Crippen LogP contribution < -0.4 is 5.32 Å². The summed E-state index contributed by atoms with van der Waals surface area (Å²) < 4.78 is 26.7. The van der Waals surface area contributed by atoms with Gasteiger partial charge in [-0.1, -0.05) is 0 Å². The molecule has 2 N–H and O–H groups in total. The number of nitrogens with zero attached hydrogens (tertiary/aromatic N) is 2. The number of hydrogen-bond donors (Lipinski definition) is 2. The summed E-state index contributed by atoms with van der Waals surface area (Å²) >= 11 is 3.14. The summed E-state index contributed by atoms with van der Waals surface area (Å²) in [6, 6.07) is -0.0679. The lowest BCUT2D eigenvalue weighted by Gasteiger charge is -2.33. The Balaban J connectivity index is 1.84. The van der Waals surface area contributed by atoms with E-state index in [-0.39, 0.29) is 22.8 Å². The van der Waals surface area contributed by atoms with Crippen LogP contribution in [0, 0.1) is 5.92 Å². The zero-order valence-corrected chi connectivity index (χ0v) is 12.4. The number of piperidine rings is 1. The van der Waals surface area contributed by atoms with Crippen LogP contribution in [0.1, 0.15) is 12.8 Å². The van der Waals surface area contributed by atoms with Crippen LogP contribution in [-0.4, -0.2) is 48.0 Å². The fraction of sp³-hybridized carbons (Fsp3) is 0.600. The molecule has 1 amide bonds. The molecule has 2 aliphatic rings. The molecule has 3 heterocycles. The number of amides is 1. The van der Waals surface area contributed by atoms with E-state index in [1.54, 1.807) is 0 Å². The number of H-pyrrole nitrogens is 1.